The fourth-order valence-electron chi connectivity index (χ4n) is 1.18. The van der Waals surface area contributed by atoms with Crippen molar-refractivity contribution >= 4 is 5.52 Å². The zero-order valence-corrected chi connectivity index (χ0v) is 16.5. The van der Waals surface area contributed by atoms with Gasteiger partial charge in [-0.25, -0.2) is 10.7 Å². The molecule has 0 bridgehead atoms. The van der Waals surface area contributed by atoms with E-state index in [1.807, 2.05) is 27.0 Å². The Kier molecular flexibility index (Phi) is 6.53. The minimum atomic E-state index is 0. The molecule has 2 heterocycles. The maximum absolute atomic E-state index is 4.15. The normalized spacial score (nSPS) is 9.36. The summed E-state index contributed by atoms with van der Waals surface area (Å²) in [6.07, 6.45) is 4.99. The van der Waals surface area contributed by atoms with Gasteiger partial charge in [-0.2, -0.15) is 11.1 Å². The Morgan fingerprint density at radius 2 is 1.86 bits per heavy atom. The van der Waals surface area contributed by atoms with Crippen LogP contribution in [0.5, 0.6) is 0 Å². The van der Waals surface area contributed by atoms with Crippen LogP contribution in [0.25, 0.3) is 5.52 Å². The molecule has 0 aliphatic rings. The molecule has 2 nitrogen and oxygen atoms in total. The van der Waals surface area contributed by atoms with E-state index in [2.05, 4.69) is 17.4 Å². The van der Waals surface area contributed by atoms with Crippen molar-refractivity contribution in [1.29, 1.82) is 0 Å². The summed E-state index contributed by atoms with van der Waals surface area (Å²) in [6.45, 7) is 6.09. The van der Waals surface area contributed by atoms with Gasteiger partial charge >= 0.3 is 58.2 Å². The summed E-state index contributed by atoms with van der Waals surface area (Å²) in [5.41, 5.74) is 4.42. The Balaban J connectivity index is 0.000000845. The molecule has 0 spiro atoms. The van der Waals surface area contributed by atoms with E-state index in [0.29, 0.717) is 0 Å². The molecule has 0 unspecified atom stereocenters. The topological polar surface area (TPSA) is 17.3 Å². The molecule has 0 aliphatic heterocycles. The Morgan fingerprint density at radius 1 is 1.21 bits per heavy atom. The summed E-state index contributed by atoms with van der Waals surface area (Å²) in [6, 6.07) is 3.28. The van der Waals surface area contributed by atoms with E-state index in [9.17, 15) is 0 Å². The van der Waals surface area contributed by atoms with Gasteiger partial charge in [-0.15, -0.1) is 20.0 Å². The molecule has 0 N–H and O–H groups in total. The van der Waals surface area contributed by atoms with Gasteiger partial charge in [0.05, 0.1) is 0 Å². The van der Waals surface area contributed by atoms with Crippen molar-refractivity contribution in [3.05, 3.63) is 35.2 Å². The summed E-state index contributed by atoms with van der Waals surface area (Å²) in [5.74, 6) is 0. The third-order valence-electron chi connectivity index (χ3n) is 2.09. The fraction of sp³-hybridized carbons (Fsp3) is 0.300. The molecule has 2 aromatic rings. The van der Waals surface area contributed by atoms with Crippen LogP contribution in [0.3, 0.4) is 0 Å². The Hall–Kier alpha value is 1.16. The molecule has 69 valence electrons. The number of aryl methyl sites for hydroxylation is 3. The van der Waals surface area contributed by atoms with Crippen LogP contribution < -0.4 is 58.2 Å². The van der Waals surface area contributed by atoms with Crippen LogP contribution in [-0.2, 0) is 20.4 Å². The Bertz CT molecular complexity index is 437. The molecule has 0 aliphatic carbocycles. The van der Waals surface area contributed by atoms with Gasteiger partial charge in [-0.3, -0.25) is 11.6 Å². The molecule has 2 aromatic heterocycles. The number of hydrogen-bond donors (Lipinski definition) is 0. The average Bonchev–Trinajstić information content (AvgIpc) is 2.35. The molecular weight excluding hydrogens is 420 g/mol. The first-order valence-electron chi connectivity index (χ1n) is 3.94. The maximum atomic E-state index is 4.15. The molecule has 0 saturated carbocycles. The van der Waals surface area contributed by atoms with Crippen molar-refractivity contribution in [1.82, 2.24) is 9.61 Å². The molecule has 0 atom stereocenters. The predicted molar refractivity (Wildman–Crippen MR) is 47.1 cm³/mol. The largest absolute Gasteiger partial charge is 1.00 e. The number of rotatable bonds is 0. The zero-order valence-electron chi connectivity index (χ0n) is 8.85. The van der Waals surface area contributed by atoms with E-state index < -0.39 is 0 Å². The summed E-state index contributed by atoms with van der Waals surface area (Å²) in [4.78, 5) is 0. The summed E-state index contributed by atoms with van der Waals surface area (Å²) in [5, 5.41) is 4.15. The van der Waals surface area contributed by atoms with Crippen molar-refractivity contribution in [3.63, 3.8) is 0 Å². The van der Waals surface area contributed by atoms with Gasteiger partial charge in [0.2, 0.25) is 0 Å². The van der Waals surface area contributed by atoms with E-state index in [-0.39, 0.29) is 78.6 Å². The number of nitrogens with zero attached hydrogens (tertiary/aromatic N) is 2. The molecule has 1 radical (unpaired) electrons. The SMILES string of the molecule is Cc1[c-]c2c(C)cnn2[c-]c1C.[Rb+].[Re]. The second-order valence-electron chi connectivity index (χ2n) is 3.07. The quantitative estimate of drug-likeness (QED) is 0.484. The van der Waals surface area contributed by atoms with Crippen molar-refractivity contribution in [2.75, 3.05) is 0 Å². The summed E-state index contributed by atoms with van der Waals surface area (Å²) < 4.78 is 1.75. The van der Waals surface area contributed by atoms with Crippen molar-refractivity contribution in [2.24, 2.45) is 0 Å². The second kappa shape index (κ2) is 6.03. The van der Waals surface area contributed by atoms with Gasteiger partial charge in [0.15, 0.2) is 0 Å². The van der Waals surface area contributed by atoms with Crippen LogP contribution in [0.2, 0.25) is 0 Å². The fourth-order valence-corrected chi connectivity index (χ4v) is 1.18. The molecule has 14 heavy (non-hydrogen) atoms. The maximum Gasteiger partial charge on any atom is 1.00 e. The molecule has 2 rings (SSSR count). The monoisotopic (exact) mass is 430 g/mol. The van der Waals surface area contributed by atoms with Crippen LogP contribution in [0.1, 0.15) is 16.7 Å². The van der Waals surface area contributed by atoms with Crippen LogP contribution in [0, 0.1) is 33.0 Å². The molecule has 4 heteroatoms. The molecule has 0 amide bonds. The first-order chi connectivity index (χ1) is 5.68. The van der Waals surface area contributed by atoms with E-state index in [4.69, 9.17) is 0 Å². The smallest absolute Gasteiger partial charge is 0.386 e. The number of hydrogen-bond acceptors (Lipinski definition) is 1. The minimum Gasteiger partial charge on any atom is -0.386 e. The van der Waals surface area contributed by atoms with Crippen molar-refractivity contribution in [2.45, 2.75) is 20.8 Å². The first kappa shape index (κ1) is 15.2. The number of aromatic nitrogens is 2. The van der Waals surface area contributed by atoms with Gasteiger partial charge in [-0.05, 0) is 6.20 Å². The third kappa shape index (κ3) is 2.84. The summed E-state index contributed by atoms with van der Waals surface area (Å²) in [7, 11) is 0. The Morgan fingerprint density at radius 3 is 2.50 bits per heavy atom. The third-order valence-corrected chi connectivity index (χ3v) is 2.09. The van der Waals surface area contributed by atoms with Crippen LogP contribution >= 0.6 is 0 Å². The van der Waals surface area contributed by atoms with Crippen LogP contribution in [0.15, 0.2) is 6.20 Å². The summed E-state index contributed by atoms with van der Waals surface area (Å²) >= 11 is 0. The number of fused-ring (bicyclic) bond motifs is 1. The second-order valence-corrected chi connectivity index (χ2v) is 3.07. The standard InChI is InChI=1S/C10H10N2.Rb.Re/c1-7-4-10-8(2)5-11-12(10)6-9(7)3;;/h5H,1-3H3;;/q-2;+1;. The molecule has 0 fully saturated rings. The minimum absolute atomic E-state index is 0. The van der Waals surface area contributed by atoms with Gasteiger partial charge in [0, 0.05) is 20.4 Å². The van der Waals surface area contributed by atoms with E-state index >= 15 is 0 Å². The predicted octanol–water partition coefficient (Wildman–Crippen LogP) is -1.14. The average molecular weight is 430 g/mol. The first-order valence-corrected chi connectivity index (χ1v) is 3.94. The van der Waals surface area contributed by atoms with Crippen molar-refractivity contribution < 1.29 is 78.6 Å². The van der Waals surface area contributed by atoms with E-state index in [0.717, 1.165) is 22.2 Å². The van der Waals surface area contributed by atoms with Crippen LogP contribution in [-0.4, -0.2) is 9.61 Å². The zero-order chi connectivity index (χ0) is 8.72. The van der Waals surface area contributed by atoms with Gasteiger partial charge in [0.1, 0.15) is 0 Å². The molecule has 0 saturated heterocycles. The molecule has 0 aromatic carbocycles. The van der Waals surface area contributed by atoms with Crippen LogP contribution in [0.4, 0.5) is 0 Å². The van der Waals surface area contributed by atoms with Gasteiger partial charge < -0.3 is 4.52 Å². The van der Waals surface area contributed by atoms with Gasteiger partial charge in [-0.1, -0.05) is 6.92 Å². The molecular formula is C10H10N2RbRe-. The van der Waals surface area contributed by atoms with E-state index in [1.165, 1.54) is 0 Å². The van der Waals surface area contributed by atoms with E-state index in [1.54, 1.807) is 4.52 Å². The van der Waals surface area contributed by atoms with Crippen molar-refractivity contribution in [3.8, 4) is 0 Å². The van der Waals surface area contributed by atoms with Gasteiger partial charge in [0.25, 0.3) is 0 Å². The number of pyridine rings is 1. The Labute approximate surface area is 147 Å².